The van der Waals surface area contributed by atoms with E-state index >= 15 is 0 Å². The molecule has 1 saturated heterocycles. The van der Waals surface area contributed by atoms with E-state index in [1.165, 1.54) is 11.4 Å². The molecular weight excluding hydrogens is 480 g/mol. The molecular formula is C20H22BrClN2O4S. The van der Waals surface area contributed by atoms with Crippen molar-refractivity contribution in [2.45, 2.75) is 30.6 Å². The van der Waals surface area contributed by atoms with Crippen LogP contribution >= 0.6 is 27.5 Å². The molecule has 1 fully saturated rings. The van der Waals surface area contributed by atoms with E-state index < -0.39 is 10.0 Å². The summed E-state index contributed by atoms with van der Waals surface area (Å²) in [5.41, 5.74) is 1.28. The van der Waals surface area contributed by atoms with Crippen LogP contribution in [0.15, 0.2) is 45.8 Å². The minimum Gasteiger partial charge on any atom is -0.496 e. The second-order valence-corrected chi connectivity index (χ2v) is 9.96. The monoisotopic (exact) mass is 500 g/mol. The van der Waals surface area contributed by atoms with Crippen LogP contribution < -0.4 is 10.1 Å². The molecule has 1 N–H and O–H groups in total. The van der Waals surface area contributed by atoms with Gasteiger partial charge in [-0.1, -0.05) is 11.6 Å². The minimum absolute atomic E-state index is 0.178. The van der Waals surface area contributed by atoms with Crippen molar-refractivity contribution in [1.82, 2.24) is 4.31 Å². The lowest BCUT2D eigenvalue weighted by Crippen LogP contribution is -2.28. The molecule has 6 nitrogen and oxygen atoms in total. The molecule has 0 unspecified atom stereocenters. The maximum Gasteiger partial charge on any atom is 0.243 e. The highest BCUT2D eigenvalue weighted by Gasteiger charge is 2.27. The van der Waals surface area contributed by atoms with Gasteiger partial charge in [0.2, 0.25) is 15.9 Å². The van der Waals surface area contributed by atoms with Crippen molar-refractivity contribution in [2.75, 3.05) is 25.5 Å². The van der Waals surface area contributed by atoms with Crippen LogP contribution in [-0.2, 0) is 21.2 Å². The number of aryl methyl sites for hydroxylation is 1. The van der Waals surface area contributed by atoms with E-state index in [9.17, 15) is 13.2 Å². The van der Waals surface area contributed by atoms with Crippen molar-refractivity contribution in [2.24, 2.45) is 0 Å². The van der Waals surface area contributed by atoms with Gasteiger partial charge in [0.05, 0.1) is 17.0 Å². The number of amides is 1. The Morgan fingerprint density at radius 3 is 2.59 bits per heavy atom. The molecule has 3 rings (SSSR count). The van der Waals surface area contributed by atoms with Gasteiger partial charge in [0.15, 0.2) is 0 Å². The van der Waals surface area contributed by atoms with Crippen LogP contribution in [0.5, 0.6) is 5.75 Å². The summed E-state index contributed by atoms with van der Waals surface area (Å²) in [5.74, 6) is 0.364. The highest BCUT2D eigenvalue weighted by atomic mass is 79.9. The number of benzene rings is 2. The number of carbonyl (C=O) groups excluding carboxylic acids is 1. The molecule has 1 amide bonds. The Labute approximate surface area is 184 Å². The molecule has 0 saturated carbocycles. The van der Waals surface area contributed by atoms with E-state index in [0.29, 0.717) is 41.5 Å². The fraction of sp³-hybridized carbons (Fsp3) is 0.350. The number of methoxy groups -OCH3 is 1. The van der Waals surface area contributed by atoms with Gasteiger partial charge in [-0.2, -0.15) is 4.31 Å². The average Bonchev–Trinajstić information content (AvgIpc) is 3.24. The fourth-order valence-electron chi connectivity index (χ4n) is 3.23. The lowest BCUT2D eigenvalue weighted by atomic mass is 10.1. The van der Waals surface area contributed by atoms with Gasteiger partial charge in [0, 0.05) is 29.7 Å². The molecule has 0 atom stereocenters. The molecule has 9 heteroatoms. The third-order valence-corrected chi connectivity index (χ3v) is 7.91. The summed E-state index contributed by atoms with van der Waals surface area (Å²) in [7, 11) is -2.00. The molecule has 0 aliphatic carbocycles. The van der Waals surface area contributed by atoms with Crippen LogP contribution in [0, 0.1) is 0 Å². The van der Waals surface area contributed by atoms with Gasteiger partial charge in [-0.25, -0.2) is 8.42 Å². The zero-order chi connectivity index (χ0) is 21.0. The average molecular weight is 502 g/mol. The molecule has 1 heterocycles. The molecule has 0 radical (unpaired) electrons. The van der Waals surface area contributed by atoms with E-state index in [0.717, 1.165) is 17.3 Å². The second kappa shape index (κ2) is 9.47. The number of halogens is 2. The van der Waals surface area contributed by atoms with Gasteiger partial charge < -0.3 is 10.1 Å². The van der Waals surface area contributed by atoms with Crippen molar-refractivity contribution in [1.29, 1.82) is 0 Å². The van der Waals surface area contributed by atoms with Gasteiger partial charge in [-0.15, -0.1) is 0 Å². The normalized spacial score (nSPS) is 14.7. The smallest absolute Gasteiger partial charge is 0.243 e. The van der Waals surface area contributed by atoms with Gasteiger partial charge in [0.1, 0.15) is 5.75 Å². The predicted molar refractivity (Wildman–Crippen MR) is 117 cm³/mol. The lowest BCUT2D eigenvalue weighted by molar-refractivity contribution is -0.116. The summed E-state index contributed by atoms with van der Waals surface area (Å²) in [6.07, 6.45) is 2.28. The van der Waals surface area contributed by atoms with E-state index in [2.05, 4.69) is 21.2 Å². The van der Waals surface area contributed by atoms with Gasteiger partial charge >= 0.3 is 0 Å². The first-order chi connectivity index (χ1) is 13.8. The molecule has 0 spiro atoms. The van der Waals surface area contributed by atoms with Crippen LogP contribution in [0.25, 0.3) is 0 Å². The molecule has 2 aromatic carbocycles. The molecule has 1 aliphatic heterocycles. The van der Waals surface area contributed by atoms with E-state index in [-0.39, 0.29) is 17.2 Å². The molecule has 2 aromatic rings. The topological polar surface area (TPSA) is 75.7 Å². The van der Waals surface area contributed by atoms with Crippen LogP contribution in [0.3, 0.4) is 0 Å². The maximum atomic E-state index is 12.8. The zero-order valence-corrected chi connectivity index (χ0v) is 19.1. The van der Waals surface area contributed by atoms with E-state index in [4.69, 9.17) is 16.3 Å². The van der Waals surface area contributed by atoms with E-state index in [1.54, 1.807) is 36.4 Å². The Kier molecular flexibility index (Phi) is 7.21. The third kappa shape index (κ3) is 5.31. The predicted octanol–water partition coefficient (Wildman–Crippen LogP) is 4.47. The first kappa shape index (κ1) is 22.1. The van der Waals surface area contributed by atoms with Crippen LogP contribution in [0.4, 0.5) is 5.69 Å². The minimum atomic E-state index is -3.52. The van der Waals surface area contributed by atoms with E-state index in [1.807, 2.05) is 0 Å². The first-order valence-corrected chi connectivity index (χ1v) is 11.8. The highest BCUT2D eigenvalue weighted by Crippen LogP contribution is 2.28. The highest BCUT2D eigenvalue weighted by molar-refractivity contribution is 9.10. The number of nitrogens with zero attached hydrogens (tertiary/aromatic N) is 1. The Morgan fingerprint density at radius 1 is 1.21 bits per heavy atom. The number of anilines is 1. The Balaban J connectivity index is 1.72. The van der Waals surface area contributed by atoms with Crippen LogP contribution in [0.1, 0.15) is 24.8 Å². The number of sulfonamides is 1. The summed E-state index contributed by atoms with van der Waals surface area (Å²) in [5, 5.41) is 3.30. The second-order valence-electron chi connectivity index (χ2n) is 6.76. The largest absolute Gasteiger partial charge is 0.496 e. The summed E-state index contributed by atoms with van der Waals surface area (Å²) in [4.78, 5) is 12.6. The summed E-state index contributed by atoms with van der Waals surface area (Å²) < 4.78 is 33.2. The number of rotatable bonds is 7. The third-order valence-electron chi connectivity index (χ3n) is 4.78. The number of hydrogen-bond donors (Lipinski definition) is 1. The SMILES string of the molecule is COc1ccc(S(=O)(=O)N2CCCC2)cc1CCC(=O)Nc1ccc(Br)c(Cl)c1. The maximum absolute atomic E-state index is 12.8. The van der Waals surface area contributed by atoms with Crippen molar-refractivity contribution < 1.29 is 17.9 Å². The number of carbonyl (C=O) groups is 1. The zero-order valence-electron chi connectivity index (χ0n) is 16.0. The summed E-state index contributed by atoms with van der Waals surface area (Å²) >= 11 is 9.36. The van der Waals surface area contributed by atoms with Crippen molar-refractivity contribution in [3.05, 3.63) is 51.5 Å². The van der Waals surface area contributed by atoms with Crippen molar-refractivity contribution >= 4 is 49.1 Å². The molecule has 156 valence electrons. The summed E-state index contributed by atoms with van der Waals surface area (Å²) in [6, 6.07) is 9.97. The summed E-state index contributed by atoms with van der Waals surface area (Å²) in [6.45, 7) is 1.09. The van der Waals surface area contributed by atoms with Crippen LogP contribution in [-0.4, -0.2) is 38.8 Å². The Bertz CT molecular complexity index is 1010. The van der Waals surface area contributed by atoms with Gasteiger partial charge in [0.25, 0.3) is 0 Å². The molecule has 0 aromatic heterocycles. The first-order valence-electron chi connectivity index (χ1n) is 9.23. The molecule has 1 aliphatic rings. The number of nitrogens with one attached hydrogen (secondary N) is 1. The number of hydrogen-bond acceptors (Lipinski definition) is 4. The standard InChI is InChI=1S/C20H22BrClN2O4S/c1-28-19-8-6-16(29(26,27)24-10-2-3-11-24)12-14(19)4-9-20(25)23-15-5-7-17(21)18(22)13-15/h5-8,12-13H,2-4,9-11H2,1H3,(H,23,25). The lowest BCUT2D eigenvalue weighted by Gasteiger charge is -2.17. The number of ether oxygens (including phenoxy) is 1. The van der Waals surface area contributed by atoms with Crippen molar-refractivity contribution in [3.63, 3.8) is 0 Å². The Morgan fingerprint density at radius 2 is 1.93 bits per heavy atom. The Hall–Kier alpha value is -1.61. The molecule has 29 heavy (non-hydrogen) atoms. The molecule has 0 bridgehead atoms. The van der Waals surface area contributed by atoms with Crippen molar-refractivity contribution in [3.8, 4) is 5.75 Å². The van der Waals surface area contributed by atoms with Gasteiger partial charge in [-0.05, 0) is 77.2 Å². The fourth-order valence-corrected chi connectivity index (χ4v) is 5.23. The van der Waals surface area contributed by atoms with Crippen LogP contribution in [0.2, 0.25) is 5.02 Å². The quantitative estimate of drug-likeness (QED) is 0.607. The van der Waals surface area contributed by atoms with Gasteiger partial charge in [-0.3, -0.25) is 4.79 Å².